The Balaban J connectivity index is 4.40. The van der Waals surface area contributed by atoms with E-state index in [1.807, 2.05) is 0 Å². The molecular weight excluding hydrogens is 861 g/mol. The van der Waals surface area contributed by atoms with E-state index in [-0.39, 0.29) is 25.2 Å². The van der Waals surface area contributed by atoms with Gasteiger partial charge >= 0.3 is 11.9 Å². The van der Waals surface area contributed by atoms with E-state index < -0.39 is 6.10 Å². The first-order chi connectivity index (χ1) is 34.6. The summed E-state index contributed by atoms with van der Waals surface area (Å²) in [5, 5.41) is 0. The molecule has 0 saturated heterocycles. The van der Waals surface area contributed by atoms with Crippen molar-refractivity contribution in [2.45, 2.75) is 271 Å². The molecule has 0 aliphatic rings. The number of allylic oxidation sites excluding steroid dienone is 17. The fraction of sp³-hybridized carbons (Fsp3) is 0.692. The van der Waals surface area contributed by atoms with Gasteiger partial charge in [0.15, 0.2) is 6.10 Å². The highest BCUT2D eigenvalue weighted by Crippen LogP contribution is 2.14. The van der Waals surface area contributed by atoms with Gasteiger partial charge in [-0.2, -0.15) is 0 Å². The summed E-state index contributed by atoms with van der Waals surface area (Å²) in [7, 11) is 0. The van der Waals surface area contributed by atoms with Gasteiger partial charge in [-0.1, -0.05) is 246 Å². The summed E-state index contributed by atoms with van der Waals surface area (Å²) in [6.45, 7) is 7.47. The smallest absolute Gasteiger partial charge is 0.306 e. The van der Waals surface area contributed by atoms with Gasteiger partial charge in [-0.3, -0.25) is 9.59 Å². The molecule has 0 amide bonds. The molecule has 0 spiro atoms. The molecule has 70 heavy (non-hydrogen) atoms. The maximum Gasteiger partial charge on any atom is 0.306 e. The first-order valence-electron chi connectivity index (χ1n) is 29.4. The van der Waals surface area contributed by atoms with E-state index >= 15 is 0 Å². The number of hydrogen-bond donors (Lipinski definition) is 0. The summed E-state index contributed by atoms with van der Waals surface area (Å²) in [5.41, 5.74) is 0. The molecule has 0 aromatic rings. The van der Waals surface area contributed by atoms with Crippen LogP contribution in [0.1, 0.15) is 265 Å². The third-order valence-corrected chi connectivity index (χ3v) is 12.3. The van der Waals surface area contributed by atoms with Gasteiger partial charge in [-0.05, 0) is 116 Å². The van der Waals surface area contributed by atoms with E-state index in [9.17, 15) is 9.59 Å². The SMILES string of the molecule is CC/C=C\C/C=C\C/C=C\C/C=C\C/C=C\CCOCC(COC(=O)CCCCCCCC/C=C\C/C=C\C/C=C\CCCCC)OC(=O)CCCCCCCCCCC/C=C\CCCCCCCC. The summed E-state index contributed by atoms with van der Waals surface area (Å²) in [6.07, 6.45) is 82.7. The molecule has 0 heterocycles. The second-order valence-corrected chi connectivity index (χ2v) is 19.2. The molecular formula is C65H110O5. The lowest BCUT2D eigenvalue weighted by Crippen LogP contribution is -2.30. The second-order valence-electron chi connectivity index (χ2n) is 19.2. The van der Waals surface area contributed by atoms with E-state index in [1.54, 1.807) is 0 Å². The van der Waals surface area contributed by atoms with Gasteiger partial charge in [0.2, 0.25) is 0 Å². The lowest BCUT2D eigenvalue weighted by atomic mass is 10.1. The Morgan fingerprint density at radius 1 is 0.329 bits per heavy atom. The van der Waals surface area contributed by atoms with Crippen LogP contribution in [0.15, 0.2) is 109 Å². The van der Waals surface area contributed by atoms with Gasteiger partial charge in [0.25, 0.3) is 0 Å². The third kappa shape index (κ3) is 57.1. The number of carbonyl (C=O) groups is 2. The molecule has 0 aliphatic carbocycles. The third-order valence-electron chi connectivity index (χ3n) is 12.3. The Kier molecular flexibility index (Phi) is 56.9. The van der Waals surface area contributed by atoms with Gasteiger partial charge in [0.1, 0.15) is 6.61 Å². The molecule has 5 nitrogen and oxygen atoms in total. The minimum Gasteiger partial charge on any atom is -0.462 e. The minimum absolute atomic E-state index is 0.0429. The van der Waals surface area contributed by atoms with E-state index in [0.717, 1.165) is 96.3 Å². The summed E-state index contributed by atoms with van der Waals surface area (Å²) in [4.78, 5) is 25.5. The molecule has 5 heteroatoms. The highest BCUT2D eigenvalue weighted by molar-refractivity contribution is 5.70. The molecule has 0 radical (unpaired) electrons. The summed E-state index contributed by atoms with van der Waals surface area (Å²) >= 11 is 0. The van der Waals surface area contributed by atoms with Crippen molar-refractivity contribution in [3.8, 4) is 0 Å². The van der Waals surface area contributed by atoms with Crippen LogP contribution in [-0.2, 0) is 23.8 Å². The standard InChI is InChI=1S/C65H110O5/c1-4-7-10-13-16-19-22-25-28-31-33-35-37-40-43-46-49-52-55-58-64(66)69-62-63(61-68-60-57-54-51-48-45-42-39-30-27-24-21-18-15-12-9-6-3)70-65(67)59-56-53-50-47-44-41-38-36-34-32-29-26-23-20-17-14-11-8-5-2/h9,12,16,18-19,21,25-30,33,35,42,45,51,54,63H,4-8,10-11,13-15,17,20,22-24,31-32,34,36-41,43-44,46-50,52-53,55-62H2,1-3H3/b12-9-,19-16-,21-18-,28-25-,29-26-,30-27-,35-33-,45-42-,54-51-. The number of unbranched alkanes of at least 4 members (excludes halogenated alkanes) is 24. The molecule has 0 aromatic heterocycles. The Hall–Kier alpha value is -3.44. The molecule has 0 fully saturated rings. The van der Waals surface area contributed by atoms with Crippen molar-refractivity contribution in [2.75, 3.05) is 19.8 Å². The van der Waals surface area contributed by atoms with E-state index in [1.165, 1.54) is 135 Å². The number of ether oxygens (including phenoxy) is 3. The van der Waals surface area contributed by atoms with Crippen LogP contribution in [-0.4, -0.2) is 37.9 Å². The molecule has 0 saturated carbocycles. The maximum atomic E-state index is 12.9. The van der Waals surface area contributed by atoms with Crippen molar-refractivity contribution in [3.05, 3.63) is 109 Å². The van der Waals surface area contributed by atoms with Crippen LogP contribution in [0.25, 0.3) is 0 Å². The minimum atomic E-state index is -0.590. The summed E-state index contributed by atoms with van der Waals surface area (Å²) in [5.74, 6) is -0.454. The van der Waals surface area contributed by atoms with Crippen LogP contribution in [0.4, 0.5) is 0 Å². The Labute approximate surface area is 434 Å². The highest BCUT2D eigenvalue weighted by Gasteiger charge is 2.17. The van der Waals surface area contributed by atoms with Crippen molar-refractivity contribution in [3.63, 3.8) is 0 Å². The van der Waals surface area contributed by atoms with Gasteiger partial charge in [-0.15, -0.1) is 0 Å². The number of hydrogen-bond acceptors (Lipinski definition) is 5. The van der Waals surface area contributed by atoms with Crippen molar-refractivity contribution in [1.82, 2.24) is 0 Å². The predicted octanol–water partition coefficient (Wildman–Crippen LogP) is 20.3. The lowest BCUT2D eigenvalue weighted by molar-refractivity contribution is -0.162. The van der Waals surface area contributed by atoms with Gasteiger partial charge < -0.3 is 14.2 Å². The quantitative estimate of drug-likeness (QED) is 0.0345. The maximum absolute atomic E-state index is 12.9. The topological polar surface area (TPSA) is 61.8 Å². The molecule has 0 N–H and O–H groups in total. The normalized spacial score (nSPS) is 13.0. The van der Waals surface area contributed by atoms with Crippen molar-refractivity contribution in [2.24, 2.45) is 0 Å². The lowest BCUT2D eigenvalue weighted by Gasteiger charge is -2.18. The van der Waals surface area contributed by atoms with Gasteiger partial charge in [0.05, 0.1) is 13.2 Å². The Morgan fingerprint density at radius 2 is 0.643 bits per heavy atom. The van der Waals surface area contributed by atoms with Crippen molar-refractivity contribution < 1.29 is 23.8 Å². The second kappa shape index (κ2) is 59.9. The average molecular weight is 972 g/mol. The van der Waals surface area contributed by atoms with Gasteiger partial charge in [0, 0.05) is 12.8 Å². The van der Waals surface area contributed by atoms with Crippen LogP contribution >= 0.6 is 0 Å². The molecule has 400 valence electrons. The Morgan fingerprint density at radius 3 is 1.07 bits per heavy atom. The van der Waals surface area contributed by atoms with Crippen molar-refractivity contribution >= 4 is 11.9 Å². The monoisotopic (exact) mass is 971 g/mol. The molecule has 0 bridgehead atoms. The van der Waals surface area contributed by atoms with Crippen LogP contribution < -0.4 is 0 Å². The predicted molar refractivity (Wildman–Crippen MR) is 306 cm³/mol. The zero-order valence-corrected chi connectivity index (χ0v) is 46.0. The van der Waals surface area contributed by atoms with Gasteiger partial charge in [-0.25, -0.2) is 0 Å². The first kappa shape index (κ1) is 66.6. The Bertz CT molecular complexity index is 1380. The molecule has 0 aromatic carbocycles. The zero-order chi connectivity index (χ0) is 50.6. The zero-order valence-electron chi connectivity index (χ0n) is 46.0. The first-order valence-corrected chi connectivity index (χ1v) is 29.4. The van der Waals surface area contributed by atoms with E-state index in [4.69, 9.17) is 14.2 Å². The fourth-order valence-electron chi connectivity index (χ4n) is 7.93. The average Bonchev–Trinajstić information content (AvgIpc) is 3.36. The highest BCUT2D eigenvalue weighted by atomic mass is 16.6. The summed E-state index contributed by atoms with van der Waals surface area (Å²) < 4.78 is 17.4. The fourth-order valence-corrected chi connectivity index (χ4v) is 7.93. The van der Waals surface area contributed by atoms with Crippen LogP contribution in [0.5, 0.6) is 0 Å². The molecule has 1 unspecified atom stereocenters. The van der Waals surface area contributed by atoms with E-state index in [0.29, 0.717) is 19.4 Å². The molecule has 0 rings (SSSR count). The van der Waals surface area contributed by atoms with Crippen LogP contribution in [0.2, 0.25) is 0 Å². The number of carbonyl (C=O) groups excluding carboxylic acids is 2. The number of rotatable bonds is 53. The summed E-state index contributed by atoms with van der Waals surface area (Å²) in [6, 6.07) is 0. The van der Waals surface area contributed by atoms with E-state index in [2.05, 4.69) is 130 Å². The molecule has 1 atom stereocenters. The van der Waals surface area contributed by atoms with Crippen molar-refractivity contribution in [1.29, 1.82) is 0 Å². The molecule has 0 aliphatic heterocycles. The van der Waals surface area contributed by atoms with Crippen LogP contribution in [0, 0.1) is 0 Å². The van der Waals surface area contributed by atoms with Crippen LogP contribution in [0.3, 0.4) is 0 Å². The number of esters is 2. The largest absolute Gasteiger partial charge is 0.462 e.